The van der Waals surface area contributed by atoms with E-state index >= 15 is 0 Å². The minimum Gasteiger partial charge on any atom is -0.453 e. The van der Waals surface area contributed by atoms with Crippen molar-refractivity contribution in [3.63, 3.8) is 0 Å². The topological polar surface area (TPSA) is 56.8 Å². The Kier molecular flexibility index (Phi) is 3.61. The Balaban J connectivity index is 2.37. The van der Waals surface area contributed by atoms with E-state index in [2.05, 4.69) is 5.32 Å². The van der Waals surface area contributed by atoms with E-state index < -0.39 is 0 Å². The van der Waals surface area contributed by atoms with E-state index in [1.807, 2.05) is 6.07 Å². The Morgan fingerprint density at radius 1 is 1.41 bits per heavy atom. The summed E-state index contributed by atoms with van der Waals surface area (Å²) in [6.07, 6.45) is 0. The second-order valence-corrected chi connectivity index (χ2v) is 3.72. The molecule has 1 aliphatic rings. The highest BCUT2D eigenvalue weighted by Gasteiger charge is 2.24. The van der Waals surface area contributed by atoms with Gasteiger partial charge in [-0.3, -0.25) is 4.79 Å². The third kappa shape index (κ3) is 2.25. The van der Waals surface area contributed by atoms with Crippen LogP contribution in [0.5, 0.6) is 11.5 Å². The molecule has 1 aromatic carbocycles. The standard InChI is InChI=1S/C12H15NO4/c1-13-5-10(14)9-4-3-8(6-15-2)11-12(9)17-7-16-11/h3-4,13H,5-7H2,1-2H3. The van der Waals surface area contributed by atoms with E-state index in [0.29, 0.717) is 23.7 Å². The number of carbonyl (C=O) groups excluding carboxylic acids is 1. The summed E-state index contributed by atoms with van der Waals surface area (Å²) >= 11 is 0. The van der Waals surface area contributed by atoms with Gasteiger partial charge in [0, 0.05) is 12.7 Å². The minimum atomic E-state index is -0.0155. The molecule has 0 saturated heterocycles. The molecule has 1 aromatic rings. The van der Waals surface area contributed by atoms with E-state index in [-0.39, 0.29) is 19.1 Å². The molecule has 0 amide bonds. The van der Waals surface area contributed by atoms with Gasteiger partial charge in [0.05, 0.1) is 18.7 Å². The number of methoxy groups -OCH3 is 1. The molecule has 17 heavy (non-hydrogen) atoms. The van der Waals surface area contributed by atoms with Gasteiger partial charge < -0.3 is 19.5 Å². The molecule has 5 nitrogen and oxygen atoms in total. The monoisotopic (exact) mass is 237 g/mol. The molecular formula is C12H15NO4. The Labute approximate surface area is 99.7 Å². The van der Waals surface area contributed by atoms with Crippen molar-refractivity contribution in [3.05, 3.63) is 23.3 Å². The summed E-state index contributed by atoms with van der Waals surface area (Å²) in [6.45, 7) is 0.863. The van der Waals surface area contributed by atoms with Crippen molar-refractivity contribution in [2.45, 2.75) is 6.61 Å². The van der Waals surface area contributed by atoms with E-state index in [0.717, 1.165) is 5.56 Å². The van der Waals surface area contributed by atoms with Gasteiger partial charge in [-0.05, 0) is 13.1 Å². The van der Waals surface area contributed by atoms with E-state index in [4.69, 9.17) is 14.2 Å². The van der Waals surface area contributed by atoms with Crippen molar-refractivity contribution in [2.24, 2.45) is 0 Å². The van der Waals surface area contributed by atoms with Crippen LogP contribution in [-0.2, 0) is 11.3 Å². The fourth-order valence-corrected chi connectivity index (χ4v) is 1.80. The second kappa shape index (κ2) is 5.16. The van der Waals surface area contributed by atoms with Crippen LogP contribution in [-0.4, -0.2) is 33.3 Å². The molecule has 0 atom stereocenters. The molecule has 1 N–H and O–H groups in total. The van der Waals surface area contributed by atoms with Crippen LogP contribution in [0.3, 0.4) is 0 Å². The zero-order chi connectivity index (χ0) is 12.3. The maximum atomic E-state index is 11.8. The number of ketones is 1. The predicted molar refractivity (Wildman–Crippen MR) is 61.5 cm³/mol. The lowest BCUT2D eigenvalue weighted by atomic mass is 10.1. The van der Waals surface area contributed by atoms with Gasteiger partial charge in [0.2, 0.25) is 6.79 Å². The van der Waals surface area contributed by atoms with E-state index in [1.165, 1.54) is 0 Å². The van der Waals surface area contributed by atoms with Crippen LogP contribution in [0.1, 0.15) is 15.9 Å². The predicted octanol–water partition coefficient (Wildman–Crippen LogP) is 0.964. The van der Waals surface area contributed by atoms with Gasteiger partial charge in [-0.15, -0.1) is 0 Å². The molecule has 1 aliphatic heterocycles. The van der Waals surface area contributed by atoms with Crippen LogP contribution in [0.25, 0.3) is 0 Å². The highest BCUT2D eigenvalue weighted by molar-refractivity contribution is 6.01. The summed E-state index contributed by atoms with van der Waals surface area (Å²) in [5.74, 6) is 1.13. The first kappa shape index (κ1) is 11.9. The van der Waals surface area contributed by atoms with Crippen LogP contribution in [0.15, 0.2) is 12.1 Å². The Morgan fingerprint density at radius 3 is 2.88 bits per heavy atom. The van der Waals surface area contributed by atoms with Gasteiger partial charge in [-0.1, -0.05) is 6.07 Å². The second-order valence-electron chi connectivity index (χ2n) is 3.72. The third-order valence-electron chi connectivity index (χ3n) is 2.54. The molecule has 5 heteroatoms. The molecule has 0 fully saturated rings. The van der Waals surface area contributed by atoms with Crippen LogP contribution in [0.4, 0.5) is 0 Å². The molecule has 0 radical (unpaired) electrons. The Bertz CT molecular complexity index is 431. The SMILES string of the molecule is CNCC(=O)c1ccc(COC)c2c1OCO2. The first-order valence-electron chi connectivity index (χ1n) is 5.36. The van der Waals surface area contributed by atoms with Crippen LogP contribution in [0, 0.1) is 0 Å². The molecule has 0 aliphatic carbocycles. The number of benzene rings is 1. The normalized spacial score (nSPS) is 12.8. The van der Waals surface area contributed by atoms with Crippen molar-refractivity contribution in [1.82, 2.24) is 5.32 Å². The first-order valence-corrected chi connectivity index (χ1v) is 5.36. The summed E-state index contributed by atoms with van der Waals surface area (Å²) in [5.41, 5.74) is 1.44. The van der Waals surface area contributed by atoms with Crippen LogP contribution < -0.4 is 14.8 Å². The summed E-state index contributed by atoms with van der Waals surface area (Å²) in [6, 6.07) is 3.58. The highest BCUT2D eigenvalue weighted by atomic mass is 16.7. The lowest BCUT2D eigenvalue weighted by molar-refractivity contribution is 0.0989. The van der Waals surface area contributed by atoms with Gasteiger partial charge in [0.1, 0.15) is 0 Å². The largest absolute Gasteiger partial charge is 0.453 e. The molecular weight excluding hydrogens is 222 g/mol. The van der Waals surface area contributed by atoms with Gasteiger partial charge >= 0.3 is 0 Å². The van der Waals surface area contributed by atoms with E-state index in [1.54, 1.807) is 20.2 Å². The average molecular weight is 237 g/mol. The van der Waals surface area contributed by atoms with Crippen LogP contribution >= 0.6 is 0 Å². The lowest BCUT2D eigenvalue weighted by Gasteiger charge is -2.08. The minimum absolute atomic E-state index is 0.0155. The fourth-order valence-electron chi connectivity index (χ4n) is 1.80. The number of carbonyl (C=O) groups is 1. The highest BCUT2D eigenvalue weighted by Crippen LogP contribution is 2.39. The zero-order valence-corrected chi connectivity index (χ0v) is 9.91. The van der Waals surface area contributed by atoms with Crippen molar-refractivity contribution in [3.8, 4) is 11.5 Å². The molecule has 0 bridgehead atoms. The molecule has 0 aromatic heterocycles. The van der Waals surface area contributed by atoms with Gasteiger partial charge in [0.25, 0.3) is 0 Å². The number of hydrogen-bond acceptors (Lipinski definition) is 5. The maximum Gasteiger partial charge on any atom is 0.231 e. The number of nitrogens with one attached hydrogen (secondary N) is 1. The summed E-state index contributed by atoms with van der Waals surface area (Å²) in [4.78, 5) is 11.8. The smallest absolute Gasteiger partial charge is 0.231 e. The Morgan fingerprint density at radius 2 is 2.18 bits per heavy atom. The maximum absolute atomic E-state index is 11.8. The molecule has 0 unspecified atom stereocenters. The van der Waals surface area contributed by atoms with Crippen molar-refractivity contribution >= 4 is 5.78 Å². The van der Waals surface area contributed by atoms with Gasteiger partial charge in [-0.2, -0.15) is 0 Å². The lowest BCUT2D eigenvalue weighted by Crippen LogP contribution is -2.19. The van der Waals surface area contributed by atoms with Crippen molar-refractivity contribution in [2.75, 3.05) is 27.5 Å². The average Bonchev–Trinajstić information content (AvgIpc) is 2.79. The first-order chi connectivity index (χ1) is 8.27. The quantitative estimate of drug-likeness (QED) is 0.773. The van der Waals surface area contributed by atoms with Crippen LogP contribution in [0.2, 0.25) is 0 Å². The number of likely N-dealkylation sites (N-methyl/N-ethyl adjacent to an activating group) is 1. The number of ether oxygens (including phenoxy) is 3. The Hall–Kier alpha value is -1.59. The third-order valence-corrected chi connectivity index (χ3v) is 2.54. The summed E-state index contributed by atoms with van der Waals surface area (Å²) in [7, 11) is 3.34. The van der Waals surface area contributed by atoms with Gasteiger partial charge in [0.15, 0.2) is 17.3 Å². The molecule has 0 spiro atoms. The molecule has 1 heterocycles. The summed E-state index contributed by atoms with van der Waals surface area (Å²) in [5, 5.41) is 2.83. The fraction of sp³-hybridized carbons (Fsp3) is 0.417. The van der Waals surface area contributed by atoms with Crippen molar-refractivity contribution in [1.29, 1.82) is 0 Å². The molecule has 2 rings (SSSR count). The van der Waals surface area contributed by atoms with E-state index in [9.17, 15) is 4.79 Å². The molecule has 92 valence electrons. The summed E-state index contributed by atoms with van der Waals surface area (Å²) < 4.78 is 15.8. The molecule has 0 saturated carbocycles. The number of fused-ring (bicyclic) bond motifs is 1. The number of hydrogen-bond donors (Lipinski definition) is 1. The number of rotatable bonds is 5. The zero-order valence-electron chi connectivity index (χ0n) is 9.91. The van der Waals surface area contributed by atoms with Gasteiger partial charge in [-0.25, -0.2) is 0 Å². The van der Waals surface area contributed by atoms with Crippen molar-refractivity contribution < 1.29 is 19.0 Å². The number of Topliss-reactive ketones (excluding diaryl/α,β-unsaturated/α-hetero) is 1.